The van der Waals surface area contributed by atoms with Crippen LogP contribution in [0.15, 0.2) is 40.9 Å². The Morgan fingerprint density at radius 1 is 1.10 bits per heavy atom. The van der Waals surface area contributed by atoms with Gasteiger partial charge < -0.3 is 15.5 Å². The fourth-order valence-corrected chi connectivity index (χ4v) is 2.62. The predicted molar refractivity (Wildman–Crippen MR) is 89.9 cm³/mol. The number of phenolic OH excluding ortho intramolecular Hbond substituents is 1. The maximum absolute atomic E-state index is 12.3. The molecule has 108 valence electrons. The molecule has 0 spiro atoms. The first-order valence-electron chi connectivity index (χ1n) is 5.71. The van der Waals surface area contributed by atoms with Crippen molar-refractivity contribution in [3.8, 4) is 5.75 Å². The summed E-state index contributed by atoms with van der Waals surface area (Å²) in [5.74, 6) is -1.83. The van der Waals surface area contributed by atoms with Gasteiger partial charge in [-0.2, -0.15) is 0 Å². The van der Waals surface area contributed by atoms with Crippen molar-refractivity contribution in [2.75, 3.05) is 5.32 Å². The average molecular weight is 462 g/mol. The summed E-state index contributed by atoms with van der Waals surface area (Å²) in [5.41, 5.74) is 0.379. The van der Waals surface area contributed by atoms with Crippen LogP contribution in [0.4, 0.5) is 5.69 Å². The van der Waals surface area contributed by atoms with E-state index < -0.39 is 11.9 Å². The van der Waals surface area contributed by atoms with E-state index in [0.29, 0.717) is 5.56 Å². The van der Waals surface area contributed by atoms with Crippen molar-refractivity contribution in [2.45, 2.75) is 0 Å². The Morgan fingerprint density at radius 2 is 1.81 bits per heavy atom. The van der Waals surface area contributed by atoms with Gasteiger partial charge in [-0.15, -0.1) is 0 Å². The van der Waals surface area contributed by atoms with Crippen LogP contribution in [-0.4, -0.2) is 22.1 Å². The Hall–Kier alpha value is -1.61. The van der Waals surface area contributed by atoms with Gasteiger partial charge in [0.1, 0.15) is 5.75 Å². The van der Waals surface area contributed by atoms with Crippen molar-refractivity contribution in [1.82, 2.24) is 0 Å². The SMILES string of the molecule is O=C(Nc1ccc(O)cc1C(=O)O)c1cc(Br)ccc1I. The molecule has 0 heterocycles. The molecule has 3 N–H and O–H groups in total. The Balaban J connectivity index is 2.36. The van der Waals surface area contributed by atoms with Gasteiger partial charge in [0.2, 0.25) is 0 Å². The van der Waals surface area contributed by atoms with Crippen LogP contribution in [0.5, 0.6) is 5.75 Å². The van der Waals surface area contributed by atoms with Crippen LogP contribution >= 0.6 is 38.5 Å². The van der Waals surface area contributed by atoms with E-state index in [-0.39, 0.29) is 17.0 Å². The smallest absolute Gasteiger partial charge is 0.337 e. The molecule has 2 aromatic rings. The zero-order valence-corrected chi connectivity index (χ0v) is 14.2. The number of amides is 1. The minimum atomic E-state index is -1.23. The third-order valence-corrected chi connectivity index (χ3v) is 4.09. The monoisotopic (exact) mass is 461 g/mol. The molecule has 21 heavy (non-hydrogen) atoms. The molecule has 0 bridgehead atoms. The number of carbonyl (C=O) groups excluding carboxylic acids is 1. The highest BCUT2D eigenvalue weighted by Crippen LogP contribution is 2.24. The first kappa shape index (κ1) is 15.8. The number of aromatic carboxylic acids is 1. The van der Waals surface area contributed by atoms with Gasteiger partial charge >= 0.3 is 5.97 Å². The number of rotatable bonds is 3. The van der Waals surface area contributed by atoms with Crippen molar-refractivity contribution in [2.24, 2.45) is 0 Å². The molecule has 7 heteroatoms. The molecule has 1 amide bonds. The van der Waals surface area contributed by atoms with E-state index in [0.717, 1.165) is 14.1 Å². The highest BCUT2D eigenvalue weighted by Gasteiger charge is 2.16. The van der Waals surface area contributed by atoms with Crippen molar-refractivity contribution in [3.05, 3.63) is 55.6 Å². The van der Waals surface area contributed by atoms with Gasteiger partial charge in [0.25, 0.3) is 5.91 Å². The van der Waals surface area contributed by atoms with Crippen molar-refractivity contribution in [1.29, 1.82) is 0 Å². The highest BCUT2D eigenvalue weighted by molar-refractivity contribution is 14.1. The molecule has 0 unspecified atom stereocenters. The van der Waals surface area contributed by atoms with Gasteiger partial charge in [0.15, 0.2) is 0 Å². The number of hydrogen-bond acceptors (Lipinski definition) is 3. The average Bonchev–Trinajstić information content (AvgIpc) is 2.43. The number of hydrogen-bond donors (Lipinski definition) is 3. The van der Waals surface area contributed by atoms with Crippen molar-refractivity contribution >= 4 is 56.1 Å². The molecule has 0 aliphatic rings. The van der Waals surface area contributed by atoms with Crippen LogP contribution in [-0.2, 0) is 0 Å². The molecule has 2 aromatic carbocycles. The lowest BCUT2D eigenvalue weighted by Crippen LogP contribution is -2.16. The second-order valence-electron chi connectivity index (χ2n) is 4.11. The molecule has 5 nitrogen and oxygen atoms in total. The summed E-state index contributed by atoms with van der Waals surface area (Å²) >= 11 is 5.31. The number of aromatic hydroxyl groups is 1. The Labute approximate surface area is 142 Å². The Bertz CT molecular complexity index is 733. The fraction of sp³-hybridized carbons (Fsp3) is 0. The molecule has 0 radical (unpaired) electrons. The van der Waals surface area contributed by atoms with Crippen LogP contribution in [0, 0.1) is 3.57 Å². The first-order valence-corrected chi connectivity index (χ1v) is 7.58. The van der Waals surface area contributed by atoms with Crippen molar-refractivity contribution in [3.63, 3.8) is 0 Å². The summed E-state index contributed by atoms with van der Waals surface area (Å²) in [6.07, 6.45) is 0. The summed E-state index contributed by atoms with van der Waals surface area (Å²) in [4.78, 5) is 23.4. The first-order chi connectivity index (χ1) is 9.88. The third-order valence-electron chi connectivity index (χ3n) is 2.65. The Kier molecular flexibility index (Phi) is 4.84. The largest absolute Gasteiger partial charge is 0.508 e. The number of carboxylic acids is 1. The summed E-state index contributed by atoms with van der Waals surface area (Å²) < 4.78 is 1.49. The standard InChI is InChI=1S/C14H9BrINO4/c15-7-1-3-11(16)9(5-7)13(19)17-12-4-2-8(18)6-10(12)14(20)21/h1-6,18H,(H,17,19)(H,20,21). The van der Waals surface area contributed by atoms with E-state index >= 15 is 0 Å². The molecule has 2 rings (SSSR count). The van der Waals surface area contributed by atoms with E-state index in [9.17, 15) is 14.7 Å². The third kappa shape index (κ3) is 3.73. The van der Waals surface area contributed by atoms with E-state index in [4.69, 9.17) is 5.11 Å². The summed E-state index contributed by atoms with van der Waals surface area (Å²) in [5, 5.41) is 21.0. The molecule has 0 saturated heterocycles. The molecular formula is C14H9BrINO4. The number of halogens is 2. The van der Waals surface area contributed by atoms with Crippen LogP contribution in [0.3, 0.4) is 0 Å². The second kappa shape index (κ2) is 6.44. The molecule has 0 atom stereocenters. The van der Waals surface area contributed by atoms with E-state index in [2.05, 4.69) is 21.2 Å². The van der Waals surface area contributed by atoms with Crippen molar-refractivity contribution < 1.29 is 19.8 Å². The number of carboxylic acid groups (broad SMARTS) is 1. The normalized spacial score (nSPS) is 10.2. The maximum Gasteiger partial charge on any atom is 0.337 e. The van der Waals surface area contributed by atoms with Crippen LogP contribution in [0.1, 0.15) is 20.7 Å². The van der Waals surface area contributed by atoms with E-state index in [1.807, 2.05) is 28.7 Å². The molecular weight excluding hydrogens is 453 g/mol. The van der Waals surface area contributed by atoms with Gasteiger partial charge in [-0.25, -0.2) is 4.79 Å². The van der Waals surface area contributed by atoms with Gasteiger partial charge in [0, 0.05) is 8.04 Å². The number of benzene rings is 2. The predicted octanol–water partition coefficient (Wildman–Crippen LogP) is 3.71. The zero-order valence-electron chi connectivity index (χ0n) is 10.4. The summed E-state index contributed by atoms with van der Waals surface area (Å²) in [6, 6.07) is 8.98. The number of nitrogens with one attached hydrogen (secondary N) is 1. The summed E-state index contributed by atoms with van der Waals surface area (Å²) in [6.45, 7) is 0. The molecule has 0 aliphatic heterocycles. The zero-order chi connectivity index (χ0) is 15.6. The molecule has 0 fully saturated rings. The van der Waals surface area contributed by atoms with Gasteiger partial charge in [-0.05, 0) is 59.0 Å². The Morgan fingerprint density at radius 3 is 2.48 bits per heavy atom. The lowest BCUT2D eigenvalue weighted by atomic mass is 10.1. The van der Waals surface area contributed by atoms with E-state index in [1.54, 1.807) is 12.1 Å². The van der Waals surface area contributed by atoms with Crippen LogP contribution in [0.2, 0.25) is 0 Å². The molecule has 0 saturated carbocycles. The van der Waals surface area contributed by atoms with E-state index in [1.165, 1.54) is 12.1 Å². The fourth-order valence-electron chi connectivity index (χ4n) is 1.68. The molecule has 0 aromatic heterocycles. The lowest BCUT2D eigenvalue weighted by Gasteiger charge is -2.10. The second-order valence-corrected chi connectivity index (χ2v) is 6.19. The highest BCUT2D eigenvalue weighted by atomic mass is 127. The summed E-state index contributed by atoms with van der Waals surface area (Å²) in [7, 11) is 0. The topological polar surface area (TPSA) is 86.6 Å². The number of phenols is 1. The van der Waals surface area contributed by atoms with Crippen LogP contribution < -0.4 is 5.32 Å². The molecule has 0 aliphatic carbocycles. The van der Waals surface area contributed by atoms with Gasteiger partial charge in [-0.1, -0.05) is 15.9 Å². The maximum atomic E-state index is 12.3. The number of anilines is 1. The number of carbonyl (C=O) groups is 2. The quantitative estimate of drug-likeness (QED) is 0.480. The van der Waals surface area contributed by atoms with Crippen LogP contribution in [0.25, 0.3) is 0 Å². The minimum absolute atomic E-state index is 0.126. The minimum Gasteiger partial charge on any atom is -0.508 e. The van der Waals surface area contributed by atoms with Gasteiger partial charge in [0.05, 0.1) is 16.8 Å². The van der Waals surface area contributed by atoms with Gasteiger partial charge in [-0.3, -0.25) is 4.79 Å². The lowest BCUT2D eigenvalue weighted by molar-refractivity contribution is 0.0697.